The molecule has 0 bridgehead atoms. The van der Waals surface area contributed by atoms with Crippen LogP contribution in [0.25, 0.3) is 22.0 Å². The zero-order valence-corrected chi connectivity index (χ0v) is 15.3. The summed E-state index contributed by atoms with van der Waals surface area (Å²) < 4.78 is 7.25. The summed E-state index contributed by atoms with van der Waals surface area (Å²) in [6, 6.07) is 19.0. The summed E-state index contributed by atoms with van der Waals surface area (Å²) >= 11 is 0. The van der Waals surface area contributed by atoms with Gasteiger partial charge in [0.15, 0.2) is 5.78 Å². The van der Waals surface area contributed by atoms with Gasteiger partial charge in [-0.1, -0.05) is 12.1 Å². The van der Waals surface area contributed by atoms with Gasteiger partial charge in [-0.25, -0.2) is 0 Å². The van der Waals surface area contributed by atoms with Gasteiger partial charge in [0.25, 0.3) is 0 Å². The number of hydrogen-bond donors (Lipinski definition) is 2. The first-order chi connectivity index (χ1) is 13.5. The fourth-order valence-electron chi connectivity index (χ4n) is 3.29. The molecule has 1 heterocycles. The maximum Gasteiger partial charge on any atom is 0.182 e. The van der Waals surface area contributed by atoms with Gasteiger partial charge >= 0.3 is 0 Å². The lowest BCUT2D eigenvalue weighted by Crippen LogP contribution is -2.09. The third-order valence-corrected chi connectivity index (χ3v) is 4.77. The van der Waals surface area contributed by atoms with Crippen LogP contribution in [0.1, 0.15) is 10.4 Å². The number of nitrogens with zero attached hydrogens (tertiary/aromatic N) is 1. The van der Waals surface area contributed by atoms with E-state index in [1.165, 1.54) is 12.1 Å². The van der Waals surface area contributed by atoms with E-state index in [0.29, 0.717) is 11.3 Å². The van der Waals surface area contributed by atoms with E-state index in [-0.39, 0.29) is 23.8 Å². The van der Waals surface area contributed by atoms with E-state index in [1.54, 1.807) is 31.4 Å². The fourth-order valence-corrected chi connectivity index (χ4v) is 3.29. The Hall–Kier alpha value is -3.73. The number of ether oxygens (including phenoxy) is 1. The van der Waals surface area contributed by atoms with Crippen LogP contribution in [0.2, 0.25) is 0 Å². The summed E-state index contributed by atoms with van der Waals surface area (Å²) in [5.74, 6) is 0.983. The van der Waals surface area contributed by atoms with Crippen LogP contribution in [0.5, 0.6) is 17.2 Å². The van der Waals surface area contributed by atoms with Crippen LogP contribution in [0, 0.1) is 0 Å². The van der Waals surface area contributed by atoms with Crippen molar-refractivity contribution in [2.45, 2.75) is 6.54 Å². The molecule has 0 unspecified atom stereocenters. The number of methoxy groups -OCH3 is 1. The molecule has 28 heavy (non-hydrogen) atoms. The Kier molecular flexibility index (Phi) is 4.49. The van der Waals surface area contributed by atoms with E-state index in [1.807, 2.05) is 41.1 Å². The molecule has 4 rings (SSSR count). The van der Waals surface area contributed by atoms with E-state index < -0.39 is 0 Å². The number of aromatic hydroxyl groups is 2. The number of benzene rings is 3. The van der Waals surface area contributed by atoms with E-state index in [9.17, 15) is 15.0 Å². The SMILES string of the molecule is COc1ccc2c(-c3ccc(O)cc3)cn(CC(=O)c3ccc(O)cc3)c2c1. The highest BCUT2D eigenvalue weighted by molar-refractivity contribution is 6.00. The van der Waals surface area contributed by atoms with E-state index in [0.717, 1.165) is 22.0 Å². The molecule has 3 aromatic carbocycles. The third kappa shape index (κ3) is 3.30. The molecule has 0 saturated carbocycles. The Morgan fingerprint density at radius 1 is 0.929 bits per heavy atom. The molecule has 0 radical (unpaired) electrons. The van der Waals surface area contributed by atoms with E-state index >= 15 is 0 Å². The minimum Gasteiger partial charge on any atom is -0.508 e. The monoisotopic (exact) mass is 373 g/mol. The summed E-state index contributed by atoms with van der Waals surface area (Å²) in [5.41, 5.74) is 3.34. The Bertz CT molecular complexity index is 1140. The van der Waals surface area contributed by atoms with Crippen LogP contribution in [0.3, 0.4) is 0 Å². The number of rotatable bonds is 5. The molecule has 0 aliphatic heterocycles. The minimum atomic E-state index is -0.0584. The molecule has 0 spiro atoms. The molecule has 5 nitrogen and oxygen atoms in total. The summed E-state index contributed by atoms with van der Waals surface area (Å²) in [7, 11) is 1.61. The Morgan fingerprint density at radius 2 is 1.57 bits per heavy atom. The zero-order valence-electron chi connectivity index (χ0n) is 15.3. The van der Waals surface area contributed by atoms with Crippen LogP contribution in [0.15, 0.2) is 72.9 Å². The molecule has 2 N–H and O–H groups in total. The van der Waals surface area contributed by atoms with Gasteiger partial charge in [0.1, 0.15) is 17.2 Å². The lowest BCUT2D eigenvalue weighted by atomic mass is 10.0. The molecule has 0 aliphatic carbocycles. The molecule has 5 heteroatoms. The quantitative estimate of drug-likeness (QED) is 0.501. The standard InChI is InChI=1S/C23H19NO4/c1-28-19-10-11-20-21(15-2-6-17(25)7-3-15)13-24(22(20)12-19)14-23(27)16-4-8-18(26)9-5-16/h2-13,25-26H,14H2,1H3. The molecule has 0 amide bonds. The predicted octanol–water partition coefficient (Wildman–Crippen LogP) is 4.61. The summed E-state index contributed by atoms with van der Waals surface area (Å²) in [6.45, 7) is 0.159. The second-order valence-electron chi connectivity index (χ2n) is 6.57. The van der Waals surface area contributed by atoms with Crippen molar-refractivity contribution < 1.29 is 19.7 Å². The number of aromatic nitrogens is 1. The van der Waals surface area contributed by atoms with Crippen LogP contribution < -0.4 is 4.74 Å². The average molecular weight is 373 g/mol. The van der Waals surface area contributed by atoms with Crippen molar-refractivity contribution >= 4 is 16.7 Å². The zero-order chi connectivity index (χ0) is 19.7. The number of Topliss-reactive ketones (excluding diaryl/α,β-unsaturated/α-hetero) is 1. The minimum absolute atomic E-state index is 0.0584. The number of phenolic OH excluding ortho intramolecular Hbond substituents is 2. The van der Waals surface area contributed by atoms with Gasteiger partial charge in [-0.2, -0.15) is 0 Å². The molecular weight excluding hydrogens is 354 g/mol. The van der Waals surface area contributed by atoms with Gasteiger partial charge in [-0.15, -0.1) is 0 Å². The number of ketones is 1. The normalized spacial score (nSPS) is 10.9. The third-order valence-electron chi connectivity index (χ3n) is 4.77. The largest absolute Gasteiger partial charge is 0.508 e. The Morgan fingerprint density at radius 3 is 2.21 bits per heavy atom. The molecular formula is C23H19NO4. The van der Waals surface area contributed by atoms with Crippen LogP contribution in [-0.4, -0.2) is 27.7 Å². The first-order valence-corrected chi connectivity index (χ1v) is 8.83. The topological polar surface area (TPSA) is 71.7 Å². The average Bonchev–Trinajstić information content (AvgIpc) is 3.06. The first kappa shape index (κ1) is 17.7. The molecule has 0 fully saturated rings. The van der Waals surface area contributed by atoms with Crippen molar-refractivity contribution in [3.05, 3.63) is 78.5 Å². The van der Waals surface area contributed by atoms with Gasteiger partial charge in [-0.3, -0.25) is 4.79 Å². The second-order valence-corrected chi connectivity index (χ2v) is 6.57. The predicted molar refractivity (Wildman–Crippen MR) is 108 cm³/mol. The number of hydrogen-bond acceptors (Lipinski definition) is 4. The van der Waals surface area contributed by atoms with Crippen molar-refractivity contribution in [3.63, 3.8) is 0 Å². The van der Waals surface area contributed by atoms with Gasteiger partial charge in [-0.05, 0) is 54.1 Å². The lowest BCUT2D eigenvalue weighted by molar-refractivity contribution is 0.0973. The molecule has 0 saturated heterocycles. The molecule has 4 aromatic rings. The summed E-state index contributed by atoms with van der Waals surface area (Å²) in [5, 5.41) is 20.0. The van der Waals surface area contributed by atoms with Crippen molar-refractivity contribution in [1.29, 1.82) is 0 Å². The van der Waals surface area contributed by atoms with Crippen molar-refractivity contribution in [2.24, 2.45) is 0 Å². The number of fused-ring (bicyclic) bond motifs is 1. The van der Waals surface area contributed by atoms with E-state index in [4.69, 9.17) is 4.74 Å². The van der Waals surface area contributed by atoms with Crippen LogP contribution in [-0.2, 0) is 6.54 Å². The molecule has 1 aromatic heterocycles. The maximum absolute atomic E-state index is 12.7. The van der Waals surface area contributed by atoms with Crippen LogP contribution in [0.4, 0.5) is 0 Å². The fraction of sp³-hybridized carbons (Fsp3) is 0.0870. The van der Waals surface area contributed by atoms with Crippen molar-refractivity contribution in [3.8, 4) is 28.4 Å². The molecule has 0 aliphatic rings. The smallest absolute Gasteiger partial charge is 0.182 e. The number of carbonyl (C=O) groups excluding carboxylic acids is 1. The Balaban J connectivity index is 1.79. The van der Waals surface area contributed by atoms with E-state index in [2.05, 4.69) is 0 Å². The van der Waals surface area contributed by atoms with Gasteiger partial charge in [0, 0.05) is 28.8 Å². The highest BCUT2D eigenvalue weighted by Crippen LogP contribution is 2.33. The summed E-state index contributed by atoms with van der Waals surface area (Å²) in [6.07, 6.45) is 1.94. The molecule has 0 atom stereocenters. The van der Waals surface area contributed by atoms with Gasteiger partial charge < -0.3 is 19.5 Å². The highest BCUT2D eigenvalue weighted by Gasteiger charge is 2.15. The molecule has 140 valence electrons. The second kappa shape index (κ2) is 7.12. The Labute approximate surface area is 162 Å². The number of carbonyl (C=O) groups is 1. The highest BCUT2D eigenvalue weighted by atomic mass is 16.5. The van der Waals surface area contributed by atoms with Crippen molar-refractivity contribution in [2.75, 3.05) is 7.11 Å². The summed E-state index contributed by atoms with van der Waals surface area (Å²) in [4.78, 5) is 12.7. The maximum atomic E-state index is 12.7. The van der Waals surface area contributed by atoms with Crippen molar-refractivity contribution in [1.82, 2.24) is 4.57 Å². The van der Waals surface area contributed by atoms with Gasteiger partial charge in [0.2, 0.25) is 0 Å². The number of phenols is 2. The lowest BCUT2D eigenvalue weighted by Gasteiger charge is -2.06. The van der Waals surface area contributed by atoms with Crippen LogP contribution >= 0.6 is 0 Å². The van der Waals surface area contributed by atoms with Gasteiger partial charge in [0.05, 0.1) is 19.2 Å². The first-order valence-electron chi connectivity index (χ1n) is 8.83.